The summed E-state index contributed by atoms with van der Waals surface area (Å²) < 4.78 is 4.79. The van der Waals surface area contributed by atoms with E-state index in [2.05, 4.69) is 10.6 Å². The first-order valence-electron chi connectivity index (χ1n) is 7.17. The number of amides is 1. The molecule has 0 radical (unpaired) electrons. The molecule has 0 spiro atoms. The molecule has 0 saturated carbocycles. The molecular formula is C16H25ClN2O3. The fraction of sp³-hybridized carbons (Fsp3) is 0.500. The fourth-order valence-corrected chi connectivity index (χ4v) is 2.15. The first-order valence-corrected chi connectivity index (χ1v) is 7.17. The number of ether oxygens (including phenoxy) is 1. The average Bonchev–Trinajstić information content (AvgIpc) is 2.52. The van der Waals surface area contributed by atoms with Crippen LogP contribution in [0, 0.1) is 5.92 Å². The van der Waals surface area contributed by atoms with Crippen LogP contribution in [0.3, 0.4) is 0 Å². The molecule has 1 aromatic rings. The molecule has 0 saturated heterocycles. The van der Waals surface area contributed by atoms with Crippen LogP contribution in [0.4, 0.5) is 0 Å². The van der Waals surface area contributed by atoms with Crippen LogP contribution in [0.1, 0.15) is 31.4 Å². The van der Waals surface area contributed by atoms with Crippen molar-refractivity contribution in [1.29, 1.82) is 0 Å². The van der Waals surface area contributed by atoms with E-state index in [1.807, 2.05) is 37.4 Å². The molecule has 0 aliphatic rings. The summed E-state index contributed by atoms with van der Waals surface area (Å²) in [6.45, 7) is 2.55. The third-order valence-corrected chi connectivity index (χ3v) is 3.38. The van der Waals surface area contributed by atoms with Crippen molar-refractivity contribution in [3.8, 4) is 0 Å². The second-order valence-electron chi connectivity index (χ2n) is 4.97. The standard InChI is InChI=1S/C16H24N2O3.ClH/c1-12(16(20)21-3)15(13-8-5-4-6-9-13)18-14(19)10-7-11-17-2;/h4-6,8-9,12,15,17H,7,10-11H2,1-3H3,(H,18,19);1H. The number of carbonyl (C=O) groups is 2. The van der Waals surface area contributed by atoms with Crippen LogP contribution < -0.4 is 10.6 Å². The molecule has 124 valence electrons. The van der Waals surface area contributed by atoms with Crippen molar-refractivity contribution in [3.05, 3.63) is 35.9 Å². The lowest BCUT2D eigenvalue weighted by Crippen LogP contribution is -2.36. The number of methoxy groups -OCH3 is 1. The second-order valence-corrected chi connectivity index (χ2v) is 4.97. The van der Waals surface area contributed by atoms with E-state index >= 15 is 0 Å². The molecule has 0 heterocycles. The van der Waals surface area contributed by atoms with E-state index < -0.39 is 5.92 Å². The molecule has 1 rings (SSSR count). The zero-order valence-corrected chi connectivity index (χ0v) is 14.1. The van der Waals surface area contributed by atoms with E-state index in [1.165, 1.54) is 7.11 Å². The van der Waals surface area contributed by atoms with Gasteiger partial charge in [-0.3, -0.25) is 9.59 Å². The predicted molar refractivity (Wildman–Crippen MR) is 88.9 cm³/mol. The topological polar surface area (TPSA) is 67.4 Å². The molecular weight excluding hydrogens is 304 g/mol. The van der Waals surface area contributed by atoms with Crippen LogP contribution in [0.15, 0.2) is 30.3 Å². The normalized spacial score (nSPS) is 12.7. The summed E-state index contributed by atoms with van der Waals surface area (Å²) in [6.07, 6.45) is 1.19. The van der Waals surface area contributed by atoms with E-state index in [4.69, 9.17) is 4.74 Å². The molecule has 0 aliphatic heterocycles. The molecule has 2 unspecified atom stereocenters. The van der Waals surface area contributed by atoms with Crippen molar-refractivity contribution < 1.29 is 14.3 Å². The molecule has 2 N–H and O–H groups in total. The molecule has 1 aromatic carbocycles. The van der Waals surface area contributed by atoms with Crippen molar-refractivity contribution in [2.45, 2.75) is 25.8 Å². The van der Waals surface area contributed by atoms with Gasteiger partial charge in [0.15, 0.2) is 0 Å². The van der Waals surface area contributed by atoms with Crippen molar-refractivity contribution >= 4 is 24.3 Å². The molecule has 1 amide bonds. The van der Waals surface area contributed by atoms with Gasteiger partial charge in [0.05, 0.1) is 19.1 Å². The maximum Gasteiger partial charge on any atom is 0.310 e. The summed E-state index contributed by atoms with van der Waals surface area (Å²) in [5.41, 5.74) is 0.900. The monoisotopic (exact) mass is 328 g/mol. The van der Waals surface area contributed by atoms with Crippen LogP contribution in [-0.4, -0.2) is 32.6 Å². The van der Waals surface area contributed by atoms with Crippen LogP contribution >= 0.6 is 12.4 Å². The minimum absolute atomic E-state index is 0. The Labute approximate surface area is 138 Å². The summed E-state index contributed by atoms with van der Waals surface area (Å²) in [6, 6.07) is 9.10. The summed E-state index contributed by atoms with van der Waals surface area (Å²) >= 11 is 0. The van der Waals surface area contributed by atoms with Gasteiger partial charge in [-0.15, -0.1) is 12.4 Å². The number of esters is 1. The number of carbonyl (C=O) groups excluding carboxylic acids is 2. The van der Waals surface area contributed by atoms with Gasteiger partial charge in [-0.05, 0) is 32.5 Å². The highest BCUT2D eigenvalue weighted by atomic mass is 35.5. The lowest BCUT2D eigenvalue weighted by atomic mass is 9.94. The summed E-state index contributed by atoms with van der Waals surface area (Å²) in [7, 11) is 3.21. The highest BCUT2D eigenvalue weighted by Gasteiger charge is 2.27. The molecule has 0 fully saturated rings. The van der Waals surface area contributed by atoms with Gasteiger partial charge in [0.25, 0.3) is 0 Å². The quantitative estimate of drug-likeness (QED) is 0.566. The van der Waals surface area contributed by atoms with Gasteiger partial charge in [0, 0.05) is 6.42 Å². The van der Waals surface area contributed by atoms with Crippen LogP contribution in [0.2, 0.25) is 0 Å². The molecule has 0 bridgehead atoms. The number of halogens is 1. The Kier molecular flexibility index (Phi) is 10.2. The van der Waals surface area contributed by atoms with Crippen molar-refractivity contribution in [2.24, 2.45) is 5.92 Å². The first kappa shape index (κ1) is 20.4. The maximum absolute atomic E-state index is 12.0. The minimum atomic E-state index is -0.439. The Bertz CT molecular complexity index is 454. The van der Waals surface area contributed by atoms with E-state index in [0.717, 1.165) is 18.5 Å². The lowest BCUT2D eigenvalue weighted by Gasteiger charge is -2.24. The Morgan fingerprint density at radius 3 is 2.41 bits per heavy atom. The van der Waals surface area contributed by atoms with Crippen molar-refractivity contribution in [1.82, 2.24) is 10.6 Å². The molecule has 2 atom stereocenters. The summed E-state index contributed by atoms with van der Waals surface area (Å²) in [4.78, 5) is 23.8. The Hall–Kier alpha value is -1.59. The fourth-order valence-electron chi connectivity index (χ4n) is 2.15. The average molecular weight is 329 g/mol. The van der Waals surface area contributed by atoms with E-state index in [1.54, 1.807) is 6.92 Å². The van der Waals surface area contributed by atoms with Gasteiger partial charge >= 0.3 is 5.97 Å². The zero-order chi connectivity index (χ0) is 15.7. The first-order chi connectivity index (χ1) is 10.1. The highest BCUT2D eigenvalue weighted by molar-refractivity contribution is 5.85. The third-order valence-electron chi connectivity index (χ3n) is 3.38. The molecule has 0 aliphatic carbocycles. The van der Waals surface area contributed by atoms with Gasteiger partial charge < -0.3 is 15.4 Å². The maximum atomic E-state index is 12.0. The zero-order valence-electron chi connectivity index (χ0n) is 13.3. The van der Waals surface area contributed by atoms with Crippen LogP contribution in [0.25, 0.3) is 0 Å². The van der Waals surface area contributed by atoms with Gasteiger partial charge in [-0.1, -0.05) is 30.3 Å². The van der Waals surface area contributed by atoms with Gasteiger partial charge in [-0.2, -0.15) is 0 Å². The molecule has 6 heteroatoms. The largest absolute Gasteiger partial charge is 0.469 e. The van der Waals surface area contributed by atoms with Crippen molar-refractivity contribution in [2.75, 3.05) is 20.7 Å². The molecule has 22 heavy (non-hydrogen) atoms. The number of hydrogen-bond acceptors (Lipinski definition) is 4. The van der Waals surface area contributed by atoms with Crippen LogP contribution in [0.5, 0.6) is 0 Å². The Balaban J connectivity index is 0.00000441. The predicted octanol–water partition coefficient (Wildman–Crippen LogP) is 2.07. The molecule has 5 nitrogen and oxygen atoms in total. The SMILES string of the molecule is CNCCCC(=O)NC(c1ccccc1)C(C)C(=O)OC.Cl. The lowest BCUT2D eigenvalue weighted by molar-refractivity contribution is -0.146. The van der Waals surface area contributed by atoms with E-state index in [9.17, 15) is 9.59 Å². The summed E-state index contributed by atoms with van der Waals surface area (Å²) in [5.74, 6) is -0.833. The van der Waals surface area contributed by atoms with Crippen LogP contribution in [-0.2, 0) is 14.3 Å². The number of rotatable bonds is 8. The Morgan fingerprint density at radius 2 is 1.86 bits per heavy atom. The van der Waals surface area contributed by atoms with Gasteiger partial charge in [0.2, 0.25) is 5.91 Å². The number of benzene rings is 1. The number of nitrogens with one attached hydrogen (secondary N) is 2. The molecule has 0 aromatic heterocycles. The van der Waals surface area contributed by atoms with E-state index in [0.29, 0.717) is 6.42 Å². The minimum Gasteiger partial charge on any atom is -0.469 e. The second kappa shape index (κ2) is 11.0. The Morgan fingerprint density at radius 1 is 1.23 bits per heavy atom. The van der Waals surface area contributed by atoms with Crippen molar-refractivity contribution in [3.63, 3.8) is 0 Å². The van der Waals surface area contributed by atoms with E-state index in [-0.39, 0.29) is 30.3 Å². The van der Waals surface area contributed by atoms with Gasteiger partial charge in [0.1, 0.15) is 0 Å². The third kappa shape index (κ3) is 6.45. The highest BCUT2D eigenvalue weighted by Crippen LogP contribution is 2.23. The smallest absolute Gasteiger partial charge is 0.310 e. The summed E-state index contributed by atoms with van der Waals surface area (Å²) in [5, 5.41) is 5.94. The van der Waals surface area contributed by atoms with Gasteiger partial charge in [-0.25, -0.2) is 0 Å². The number of hydrogen-bond donors (Lipinski definition) is 2.